The van der Waals surface area contributed by atoms with Crippen molar-refractivity contribution < 1.29 is 4.79 Å². The van der Waals surface area contributed by atoms with Gasteiger partial charge in [0, 0.05) is 6.04 Å². The van der Waals surface area contributed by atoms with Gasteiger partial charge in [0.25, 0.3) is 0 Å². The maximum absolute atomic E-state index is 11.9. The third-order valence-electron chi connectivity index (χ3n) is 3.55. The molecule has 2 rings (SSSR count). The lowest BCUT2D eigenvalue weighted by Gasteiger charge is -2.16. The molecule has 2 N–H and O–H groups in total. The smallest absolute Gasteiger partial charge is 0.238 e. The van der Waals surface area contributed by atoms with E-state index in [0.29, 0.717) is 23.3 Å². The molecule has 0 unspecified atom stereocenters. The maximum atomic E-state index is 11.9. The standard InChI is InChI=1S/C15H21ClN2O/c16-13-9-5-6-10-14(13)18-15(19)11-17-12-7-3-1-2-4-8-12/h5-6,9-10,12,17H,1-4,7-8,11H2,(H,18,19). The van der Waals surface area contributed by atoms with Crippen molar-refractivity contribution >= 4 is 23.2 Å². The second-order valence-corrected chi connectivity index (χ2v) is 5.50. The van der Waals surface area contributed by atoms with Crippen molar-refractivity contribution in [1.82, 2.24) is 5.32 Å². The molecule has 0 heterocycles. The molecule has 1 aliphatic carbocycles. The van der Waals surface area contributed by atoms with E-state index in [1.165, 1.54) is 38.5 Å². The minimum Gasteiger partial charge on any atom is -0.324 e. The van der Waals surface area contributed by atoms with Crippen LogP contribution in [0.4, 0.5) is 5.69 Å². The zero-order valence-corrected chi connectivity index (χ0v) is 11.9. The maximum Gasteiger partial charge on any atom is 0.238 e. The number of anilines is 1. The van der Waals surface area contributed by atoms with E-state index in [0.717, 1.165) is 0 Å². The molecule has 104 valence electrons. The summed E-state index contributed by atoms with van der Waals surface area (Å²) < 4.78 is 0. The van der Waals surface area contributed by atoms with Gasteiger partial charge in [0.15, 0.2) is 0 Å². The van der Waals surface area contributed by atoms with Gasteiger partial charge in [0.05, 0.1) is 17.3 Å². The number of hydrogen-bond donors (Lipinski definition) is 2. The number of amides is 1. The van der Waals surface area contributed by atoms with Gasteiger partial charge < -0.3 is 10.6 Å². The van der Waals surface area contributed by atoms with Crippen molar-refractivity contribution in [3.05, 3.63) is 29.3 Å². The first-order valence-electron chi connectivity index (χ1n) is 7.03. The Kier molecular flexibility index (Phi) is 5.67. The Morgan fingerprint density at radius 3 is 2.53 bits per heavy atom. The summed E-state index contributed by atoms with van der Waals surface area (Å²) in [6.07, 6.45) is 7.54. The SMILES string of the molecule is O=C(CNC1CCCCCC1)Nc1ccccc1Cl. The molecule has 1 aromatic rings. The zero-order chi connectivity index (χ0) is 13.5. The normalized spacial score (nSPS) is 16.9. The molecular weight excluding hydrogens is 260 g/mol. The molecule has 0 spiro atoms. The number of carbonyl (C=O) groups is 1. The molecular formula is C15H21ClN2O. The second kappa shape index (κ2) is 7.51. The molecule has 0 aromatic heterocycles. The molecule has 3 nitrogen and oxygen atoms in total. The van der Waals surface area contributed by atoms with Gasteiger partial charge in [-0.1, -0.05) is 49.4 Å². The van der Waals surface area contributed by atoms with Gasteiger partial charge in [-0.15, -0.1) is 0 Å². The van der Waals surface area contributed by atoms with Gasteiger partial charge in [0.1, 0.15) is 0 Å². The largest absolute Gasteiger partial charge is 0.324 e. The topological polar surface area (TPSA) is 41.1 Å². The summed E-state index contributed by atoms with van der Waals surface area (Å²) in [4.78, 5) is 11.9. The van der Waals surface area contributed by atoms with Crippen molar-refractivity contribution in [2.24, 2.45) is 0 Å². The second-order valence-electron chi connectivity index (χ2n) is 5.10. The van der Waals surface area contributed by atoms with Gasteiger partial charge >= 0.3 is 0 Å². The van der Waals surface area contributed by atoms with Crippen molar-refractivity contribution in [3.8, 4) is 0 Å². The number of nitrogens with one attached hydrogen (secondary N) is 2. The number of hydrogen-bond acceptors (Lipinski definition) is 2. The average molecular weight is 281 g/mol. The molecule has 0 aliphatic heterocycles. The van der Waals surface area contributed by atoms with Crippen molar-refractivity contribution in [2.75, 3.05) is 11.9 Å². The molecule has 0 saturated heterocycles. The first-order chi connectivity index (χ1) is 9.25. The minimum atomic E-state index is -0.0302. The molecule has 1 aliphatic rings. The van der Waals surface area contributed by atoms with Gasteiger partial charge in [-0.05, 0) is 25.0 Å². The van der Waals surface area contributed by atoms with Crippen molar-refractivity contribution in [3.63, 3.8) is 0 Å². The molecule has 4 heteroatoms. The average Bonchev–Trinajstić information content (AvgIpc) is 2.68. The Morgan fingerprint density at radius 2 is 1.84 bits per heavy atom. The van der Waals surface area contributed by atoms with E-state index in [1.807, 2.05) is 18.2 Å². The summed E-state index contributed by atoms with van der Waals surface area (Å²) >= 11 is 6.00. The summed E-state index contributed by atoms with van der Waals surface area (Å²) in [6.45, 7) is 0.357. The number of benzene rings is 1. The fourth-order valence-electron chi connectivity index (χ4n) is 2.48. The highest BCUT2D eigenvalue weighted by Gasteiger charge is 2.13. The number of rotatable bonds is 4. The van der Waals surface area contributed by atoms with E-state index in [1.54, 1.807) is 6.07 Å². The summed E-state index contributed by atoms with van der Waals surface area (Å²) in [7, 11) is 0. The summed E-state index contributed by atoms with van der Waals surface area (Å²) in [5, 5.41) is 6.75. The fourth-order valence-corrected chi connectivity index (χ4v) is 2.66. The predicted octanol–water partition coefficient (Wildman–Crippen LogP) is 3.59. The van der Waals surface area contributed by atoms with E-state index in [4.69, 9.17) is 11.6 Å². The molecule has 0 bridgehead atoms. The Hall–Kier alpha value is -1.06. The number of halogens is 1. The summed E-state index contributed by atoms with van der Waals surface area (Å²) in [5.41, 5.74) is 0.678. The van der Waals surface area contributed by atoms with Gasteiger partial charge in [-0.3, -0.25) is 4.79 Å². The third-order valence-corrected chi connectivity index (χ3v) is 3.88. The highest BCUT2D eigenvalue weighted by atomic mass is 35.5. The molecule has 1 amide bonds. The third kappa shape index (κ3) is 4.84. The van der Waals surface area contributed by atoms with Crippen LogP contribution >= 0.6 is 11.6 Å². The van der Waals surface area contributed by atoms with E-state index in [-0.39, 0.29) is 5.91 Å². The minimum absolute atomic E-state index is 0.0302. The molecule has 1 saturated carbocycles. The zero-order valence-electron chi connectivity index (χ0n) is 11.1. The monoisotopic (exact) mass is 280 g/mol. The number of carbonyl (C=O) groups excluding carboxylic acids is 1. The lowest BCUT2D eigenvalue weighted by Crippen LogP contribution is -2.35. The predicted molar refractivity (Wildman–Crippen MR) is 79.6 cm³/mol. The van der Waals surface area contributed by atoms with Gasteiger partial charge in [-0.25, -0.2) is 0 Å². The first kappa shape index (κ1) is 14.4. The van der Waals surface area contributed by atoms with E-state index in [2.05, 4.69) is 10.6 Å². The van der Waals surface area contributed by atoms with Gasteiger partial charge in [-0.2, -0.15) is 0 Å². The molecule has 19 heavy (non-hydrogen) atoms. The van der Waals surface area contributed by atoms with E-state index < -0.39 is 0 Å². The quantitative estimate of drug-likeness (QED) is 0.828. The Labute approximate surface area is 119 Å². The molecule has 0 atom stereocenters. The Bertz CT molecular complexity index is 414. The first-order valence-corrected chi connectivity index (χ1v) is 7.41. The van der Waals surface area contributed by atoms with Crippen LogP contribution in [-0.2, 0) is 4.79 Å². The highest BCUT2D eigenvalue weighted by molar-refractivity contribution is 6.33. The Morgan fingerprint density at radius 1 is 1.16 bits per heavy atom. The van der Waals surface area contributed by atoms with E-state index in [9.17, 15) is 4.79 Å². The molecule has 0 radical (unpaired) electrons. The molecule has 1 fully saturated rings. The van der Waals surface area contributed by atoms with Crippen LogP contribution in [0.25, 0.3) is 0 Å². The van der Waals surface area contributed by atoms with Crippen LogP contribution in [-0.4, -0.2) is 18.5 Å². The van der Waals surface area contributed by atoms with E-state index >= 15 is 0 Å². The highest BCUT2D eigenvalue weighted by Crippen LogP contribution is 2.20. The van der Waals surface area contributed by atoms with Gasteiger partial charge in [0.2, 0.25) is 5.91 Å². The van der Waals surface area contributed by atoms with Crippen LogP contribution in [0, 0.1) is 0 Å². The summed E-state index contributed by atoms with van der Waals surface area (Å²) in [6, 6.07) is 7.78. The number of para-hydroxylation sites is 1. The van der Waals surface area contributed by atoms with Crippen molar-refractivity contribution in [1.29, 1.82) is 0 Å². The lowest BCUT2D eigenvalue weighted by atomic mass is 10.1. The van der Waals surface area contributed by atoms with Crippen LogP contribution in [0.2, 0.25) is 5.02 Å². The van der Waals surface area contributed by atoms with Crippen LogP contribution in [0.1, 0.15) is 38.5 Å². The fraction of sp³-hybridized carbons (Fsp3) is 0.533. The van der Waals surface area contributed by atoms with Crippen LogP contribution < -0.4 is 10.6 Å². The van der Waals surface area contributed by atoms with Crippen LogP contribution in [0.3, 0.4) is 0 Å². The lowest BCUT2D eigenvalue weighted by molar-refractivity contribution is -0.115. The van der Waals surface area contributed by atoms with Crippen molar-refractivity contribution in [2.45, 2.75) is 44.6 Å². The van der Waals surface area contributed by atoms with Crippen LogP contribution in [0.5, 0.6) is 0 Å². The summed E-state index contributed by atoms with van der Waals surface area (Å²) in [5.74, 6) is -0.0302. The molecule has 1 aromatic carbocycles. The Balaban J connectivity index is 1.76. The van der Waals surface area contributed by atoms with Crippen LogP contribution in [0.15, 0.2) is 24.3 Å².